The van der Waals surface area contributed by atoms with E-state index < -0.39 is 23.8 Å². The number of aromatic nitrogens is 2. The van der Waals surface area contributed by atoms with Gasteiger partial charge < -0.3 is 15.3 Å². The monoisotopic (exact) mass is 398 g/mol. The van der Waals surface area contributed by atoms with Crippen LogP contribution < -0.4 is 5.32 Å². The summed E-state index contributed by atoms with van der Waals surface area (Å²) in [4.78, 5) is 38.4. The molecule has 3 atom stereocenters. The van der Waals surface area contributed by atoms with Crippen molar-refractivity contribution in [1.29, 1.82) is 0 Å². The van der Waals surface area contributed by atoms with Crippen molar-refractivity contribution in [2.24, 2.45) is 18.9 Å². The van der Waals surface area contributed by atoms with E-state index in [4.69, 9.17) is 0 Å². The van der Waals surface area contributed by atoms with Crippen LogP contribution in [0.15, 0.2) is 42.7 Å². The Morgan fingerprint density at radius 2 is 2.00 bits per heavy atom. The number of nitrogens with zero attached hydrogens (tertiary/aromatic N) is 3. The molecule has 0 aliphatic carbocycles. The van der Waals surface area contributed by atoms with Crippen LogP contribution in [0.5, 0.6) is 0 Å². The summed E-state index contributed by atoms with van der Waals surface area (Å²) in [6, 6.07) is 8.93. The Hall–Kier alpha value is -3.16. The van der Waals surface area contributed by atoms with Crippen LogP contribution in [-0.4, -0.2) is 51.2 Å². The molecule has 0 saturated carbocycles. The first kappa shape index (κ1) is 20.6. The number of benzene rings is 1. The molecule has 2 heterocycles. The van der Waals surface area contributed by atoms with Crippen LogP contribution in [0.2, 0.25) is 0 Å². The number of aryl methyl sites for hydroxylation is 1. The molecule has 0 spiro atoms. The average Bonchev–Trinajstić information content (AvgIpc) is 3.13. The van der Waals surface area contributed by atoms with Crippen molar-refractivity contribution >= 4 is 17.8 Å². The maximum Gasteiger partial charge on any atom is 0.308 e. The third kappa shape index (κ3) is 4.82. The molecule has 3 unspecified atom stereocenters. The summed E-state index contributed by atoms with van der Waals surface area (Å²) in [5, 5.41) is 16.5. The third-order valence-electron chi connectivity index (χ3n) is 5.46. The van der Waals surface area contributed by atoms with Crippen molar-refractivity contribution in [3.05, 3.63) is 53.9 Å². The van der Waals surface area contributed by atoms with Crippen LogP contribution >= 0.6 is 0 Å². The summed E-state index contributed by atoms with van der Waals surface area (Å²) >= 11 is 0. The van der Waals surface area contributed by atoms with E-state index in [-0.39, 0.29) is 24.8 Å². The number of carboxylic acids is 1. The standard InChI is InChI=1S/C21H26N4O4/c1-24-13-16(12-23-24)19-17(8-9-18(26)25(19)2)20(27)22-11-15(21(28)29)10-14-6-4-3-5-7-14/h3-7,12-13,15,17,19H,8-11H2,1-2H3,(H,22,27)(H,28,29). The van der Waals surface area contributed by atoms with Crippen LogP contribution in [0.1, 0.15) is 30.0 Å². The van der Waals surface area contributed by atoms with Gasteiger partial charge in [0.1, 0.15) is 0 Å². The summed E-state index contributed by atoms with van der Waals surface area (Å²) in [5.74, 6) is -2.38. The molecule has 1 fully saturated rings. The van der Waals surface area contributed by atoms with E-state index in [2.05, 4.69) is 10.4 Å². The first-order chi connectivity index (χ1) is 13.9. The summed E-state index contributed by atoms with van der Waals surface area (Å²) in [5.41, 5.74) is 1.70. The number of rotatable bonds is 7. The zero-order chi connectivity index (χ0) is 21.0. The van der Waals surface area contributed by atoms with Crippen molar-refractivity contribution in [2.45, 2.75) is 25.3 Å². The van der Waals surface area contributed by atoms with Gasteiger partial charge in [-0.3, -0.25) is 19.1 Å². The minimum Gasteiger partial charge on any atom is -0.481 e. The van der Waals surface area contributed by atoms with Gasteiger partial charge in [-0.05, 0) is 18.4 Å². The molecule has 1 aromatic carbocycles. The molecule has 2 amide bonds. The highest BCUT2D eigenvalue weighted by Gasteiger charge is 2.39. The summed E-state index contributed by atoms with van der Waals surface area (Å²) < 4.78 is 1.64. The number of carbonyl (C=O) groups is 3. The van der Waals surface area contributed by atoms with Gasteiger partial charge in [-0.15, -0.1) is 0 Å². The minimum atomic E-state index is -0.950. The highest BCUT2D eigenvalue weighted by atomic mass is 16.4. The molecular formula is C21H26N4O4. The quantitative estimate of drug-likeness (QED) is 0.733. The van der Waals surface area contributed by atoms with Gasteiger partial charge in [-0.1, -0.05) is 30.3 Å². The van der Waals surface area contributed by atoms with E-state index in [1.54, 1.807) is 36.1 Å². The molecule has 8 nitrogen and oxygen atoms in total. The lowest BCUT2D eigenvalue weighted by Gasteiger charge is -2.37. The topological polar surface area (TPSA) is 105 Å². The van der Waals surface area contributed by atoms with Crippen molar-refractivity contribution in [2.75, 3.05) is 13.6 Å². The Bertz CT molecular complexity index is 880. The normalized spacial score (nSPS) is 20.3. The Kier molecular flexibility index (Phi) is 6.31. The highest BCUT2D eigenvalue weighted by Crippen LogP contribution is 2.35. The van der Waals surface area contributed by atoms with Gasteiger partial charge >= 0.3 is 5.97 Å². The zero-order valence-corrected chi connectivity index (χ0v) is 16.6. The average molecular weight is 398 g/mol. The minimum absolute atomic E-state index is 0.0182. The van der Waals surface area contributed by atoms with E-state index in [9.17, 15) is 19.5 Å². The van der Waals surface area contributed by atoms with Crippen LogP contribution in [0.4, 0.5) is 0 Å². The van der Waals surface area contributed by atoms with Crippen molar-refractivity contribution < 1.29 is 19.5 Å². The fourth-order valence-electron chi connectivity index (χ4n) is 3.86. The maximum absolute atomic E-state index is 13.0. The molecule has 2 N–H and O–H groups in total. The van der Waals surface area contributed by atoms with Crippen molar-refractivity contribution in [3.8, 4) is 0 Å². The lowest BCUT2D eigenvalue weighted by molar-refractivity contribution is -0.142. The van der Waals surface area contributed by atoms with Crippen molar-refractivity contribution in [1.82, 2.24) is 20.0 Å². The van der Waals surface area contributed by atoms with Gasteiger partial charge in [0.15, 0.2) is 0 Å². The molecule has 3 rings (SSSR count). The van der Waals surface area contributed by atoms with E-state index >= 15 is 0 Å². The second-order valence-corrected chi connectivity index (χ2v) is 7.51. The first-order valence-corrected chi connectivity index (χ1v) is 9.65. The summed E-state index contributed by atoms with van der Waals surface area (Å²) in [6.07, 6.45) is 4.51. The van der Waals surface area contributed by atoms with Crippen molar-refractivity contribution in [3.63, 3.8) is 0 Å². The Labute approximate surface area is 169 Å². The smallest absolute Gasteiger partial charge is 0.308 e. The molecule has 1 saturated heterocycles. The molecule has 1 aromatic heterocycles. The predicted molar refractivity (Wildman–Crippen MR) is 106 cm³/mol. The zero-order valence-electron chi connectivity index (χ0n) is 16.6. The van der Waals surface area contributed by atoms with Gasteiger partial charge in [0.05, 0.1) is 24.1 Å². The summed E-state index contributed by atoms with van der Waals surface area (Å²) in [6.45, 7) is 0.0387. The number of carbonyl (C=O) groups excluding carboxylic acids is 2. The lowest BCUT2D eigenvalue weighted by Crippen LogP contribution is -2.47. The van der Waals surface area contributed by atoms with Gasteiger partial charge in [-0.25, -0.2) is 0 Å². The fourth-order valence-corrected chi connectivity index (χ4v) is 3.86. The number of carboxylic acid groups (broad SMARTS) is 1. The number of aliphatic carboxylic acids is 1. The molecule has 0 bridgehead atoms. The SMILES string of the molecule is CN1C(=O)CCC(C(=O)NCC(Cc2ccccc2)C(=O)O)C1c1cnn(C)c1. The molecule has 8 heteroatoms. The molecule has 29 heavy (non-hydrogen) atoms. The molecule has 0 radical (unpaired) electrons. The molecular weight excluding hydrogens is 372 g/mol. The van der Waals surface area contributed by atoms with Gasteiger partial charge in [0.25, 0.3) is 0 Å². The van der Waals surface area contributed by atoms with Crippen LogP contribution in [0, 0.1) is 11.8 Å². The van der Waals surface area contributed by atoms with Gasteiger partial charge in [-0.2, -0.15) is 5.10 Å². The third-order valence-corrected chi connectivity index (χ3v) is 5.46. The van der Waals surface area contributed by atoms with Crippen LogP contribution in [0.3, 0.4) is 0 Å². The van der Waals surface area contributed by atoms with Crippen LogP contribution in [-0.2, 0) is 27.9 Å². The van der Waals surface area contributed by atoms with Gasteiger partial charge in [0.2, 0.25) is 11.8 Å². The van der Waals surface area contributed by atoms with E-state index in [0.717, 1.165) is 11.1 Å². The lowest BCUT2D eigenvalue weighted by atomic mass is 9.85. The first-order valence-electron chi connectivity index (χ1n) is 9.65. The fraction of sp³-hybridized carbons (Fsp3) is 0.429. The Morgan fingerprint density at radius 1 is 1.28 bits per heavy atom. The highest BCUT2D eigenvalue weighted by molar-refractivity contribution is 5.85. The number of piperidine rings is 1. The number of nitrogens with one attached hydrogen (secondary N) is 1. The maximum atomic E-state index is 13.0. The van der Waals surface area contributed by atoms with E-state index in [1.165, 1.54) is 0 Å². The number of likely N-dealkylation sites (tertiary alicyclic amines) is 1. The van der Waals surface area contributed by atoms with Crippen LogP contribution in [0.25, 0.3) is 0 Å². The second kappa shape index (κ2) is 8.89. The number of hydrogen-bond donors (Lipinski definition) is 2. The number of hydrogen-bond acceptors (Lipinski definition) is 4. The molecule has 2 aromatic rings. The Morgan fingerprint density at radius 3 is 2.62 bits per heavy atom. The summed E-state index contributed by atoms with van der Waals surface area (Å²) in [7, 11) is 3.47. The second-order valence-electron chi connectivity index (χ2n) is 7.51. The van der Waals surface area contributed by atoms with E-state index in [1.807, 2.05) is 30.3 Å². The van der Waals surface area contributed by atoms with E-state index in [0.29, 0.717) is 12.8 Å². The van der Waals surface area contributed by atoms with Gasteiger partial charge in [0, 0.05) is 38.8 Å². The molecule has 1 aliphatic rings. The predicted octanol–water partition coefficient (Wildman–Crippen LogP) is 1.39. The molecule has 1 aliphatic heterocycles. The number of amides is 2. The Balaban J connectivity index is 1.70. The molecule has 154 valence electrons. The largest absolute Gasteiger partial charge is 0.481 e.